The van der Waals surface area contributed by atoms with Crippen LogP contribution in [0.3, 0.4) is 0 Å². The van der Waals surface area contributed by atoms with Gasteiger partial charge in [0.15, 0.2) is 5.78 Å². The van der Waals surface area contributed by atoms with Crippen LogP contribution in [0.15, 0.2) is 17.2 Å². The van der Waals surface area contributed by atoms with Crippen LogP contribution in [0, 0.1) is 0 Å². The lowest BCUT2D eigenvalue weighted by Crippen LogP contribution is -2.19. The number of aromatic nitrogens is 2. The molecule has 0 bridgehead atoms. The number of hydrogen-bond donors (Lipinski definition) is 1. The maximum Gasteiger partial charge on any atom is 0.258 e. The number of rotatable bonds is 0. The molecule has 15 heavy (non-hydrogen) atoms. The molecular formula is C10H9BrN2O2. The van der Waals surface area contributed by atoms with Crippen molar-refractivity contribution in [3.8, 4) is 0 Å². The van der Waals surface area contributed by atoms with Gasteiger partial charge in [-0.05, 0) is 13.0 Å². The molecule has 0 saturated carbocycles. The summed E-state index contributed by atoms with van der Waals surface area (Å²) < 4.78 is -0.406. The number of fused-ring (bicyclic) bond motifs is 1. The summed E-state index contributed by atoms with van der Waals surface area (Å²) in [6, 6.07) is 0. The van der Waals surface area contributed by atoms with Crippen LogP contribution in [-0.2, 0) is 0 Å². The maximum absolute atomic E-state index is 11.8. The van der Waals surface area contributed by atoms with Crippen LogP contribution >= 0.6 is 15.9 Å². The predicted molar refractivity (Wildman–Crippen MR) is 60.2 cm³/mol. The Morgan fingerprint density at radius 2 is 2.27 bits per heavy atom. The first-order valence-corrected chi connectivity index (χ1v) is 5.28. The molecule has 1 aromatic heterocycles. The summed E-state index contributed by atoms with van der Waals surface area (Å²) in [6.45, 7) is 1.88. The Balaban J connectivity index is 2.65. The van der Waals surface area contributed by atoms with Crippen LogP contribution in [0.25, 0.3) is 6.08 Å². The Morgan fingerprint density at radius 1 is 1.53 bits per heavy atom. The molecule has 0 aliphatic heterocycles. The van der Waals surface area contributed by atoms with Crippen molar-refractivity contribution in [2.24, 2.45) is 0 Å². The predicted octanol–water partition coefficient (Wildman–Crippen LogP) is 1.52. The number of Topliss-reactive ketones (excluding diaryl/α,β-unsaturated/α-hetero) is 1. The molecular weight excluding hydrogens is 260 g/mol. The first kappa shape index (κ1) is 10.3. The smallest absolute Gasteiger partial charge is 0.258 e. The highest BCUT2D eigenvalue weighted by atomic mass is 79.9. The second-order valence-electron chi connectivity index (χ2n) is 3.71. The third-order valence-electron chi connectivity index (χ3n) is 2.26. The largest absolute Gasteiger partial charge is 0.313 e. The number of allylic oxidation sites excluding steroid dienone is 1. The number of carbonyl (C=O) groups excluding carboxylic acids is 1. The highest BCUT2D eigenvalue weighted by Gasteiger charge is 2.27. The number of aromatic amines is 1. The molecule has 0 saturated heterocycles. The van der Waals surface area contributed by atoms with E-state index in [0.717, 1.165) is 0 Å². The molecule has 78 valence electrons. The number of nitrogens with zero attached hydrogens (tertiary/aromatic N) is 1. The fourth-order valence-electron chi connectivity index (χ4n) is 1.50. The van der Waals surface area contributed by atoms with E-state index in [-0.39, 0.29) is 17.0 Å². The summed E-state index contributed by atoms with van der Waals surface area (Å²) in [6.07, 6.45) is 4.99. The van der Waals surface area contributed by atoms with Gasteiger partial charge < -0.3 is 4.98 Å². The highest BCUT2D eigenvalue weighted by molar-refractivity contribution is 9.10. The Hall–Kier alpha value is -1.23. The molecule has 0 spiro atoms. The van der Waals surface area contributed by atoms with Gasteiger partial charge in [0, 0.05) is 10.7 Å². The van der Waals surface area contributed by atoms with Gasteiger partial charge in [-0.3, -0.25) is 9.59 Å². The molecule has 0 fully saturated rings. The number of H-pyrrole nitrogens is 1. The van der Waals surface area contributed by atoms with Crippen molar-refractivity contribution in [3.63, 3.8) is 0 Å². The molecule has 0 radical (unpaired) electrons. The average molecular weight is 269 g/mol. The zero-order valence-electron chi connectivity index (χ0n) is 8.08. The summed E-state index contributed by atoms with van der Waals surface area (Å²) in [5.41, 5.74) is 0.304. The molecule has 1 heterocycles. The fourth-order valence-corrected chi connectivity index (χ4v) is 1.89. The summed E-state index contributed by atoms with van der Waals surface area (Å²) in [5, 5.41) is 0. The van der Waals surface area contributed by atoms with Gasteiger partial charge in [-0.15, -0.1) is 0 Å². The van der Waals surface area contributed by atoms with Gasteiger partial charge in [-0.2, -0.15) is 0 Å². The second kappa shape index (κ2) is 3.41. The van der Waals surface area contributed by atoms with Crippen LogP contribution < -0.4 is 5.56 Å². The van der Waals surface area contributed by atoms with E-state index in [1.807, 2.05) is 6.92 Å². The van der Waals surface area contributed by atoms with E-state index in [4.69, 9.17) is 0 Å². The van der Waals surface area contributed by atoms with E-state index in [1.165, 1.54) is 6.33 Å². The summed E-state index contributed by atoms with van der Waals surface area (Å²) in [5.74, 6) is -0.125. The van der Waals surface area contributed by atoms with Crippen molar-refractivity contribution < 1.29 is 4.79 Å². The van der Waals surface area contributed by atoms with E-state index in [9.17, 15) is 9.59 Å². The van der Waals surface area contributed by atoms with Gasteiger partial charge in [0.25, 0.3) is 5.56 Å². The van der Waals surface area contributed by atoms with E-state index in [1.54, 1.807) is 12.2 Å². The Morgan fingerprint density at radius 3 is 3.00 bits per heavy atom. The second-order valence-corrected chi connectivity index (χ2v) is 5.52. The molecule has 5 heteroatoms. The minimum atomic E-state index is -0.406. The van der Waals surface area contributed by atoms with E-state index in [2.05, 4.69) is 25.9 Å². The lowest BCUT2D eigenvalue weighted by atomic mass is 10.0. The van der Waals surface area contributed by atoms with Gasteiger partial charge in [-0.25, -0.2) is 4.98 Å². The molecule has 0 aromatic carbocycles. The van der Waals surface area contributed by atoms with Gasteiger partial charge in [0.2, 0.25) is 0 Å². The fraction of sp³-hybridized carbons (Fsp3) is 0.300. The van der Waals surface area contributed by atoms with Crippen molar-refractivity contribution in [1.29, 1.82) is 0 Å². The monoisotopic (exact) mass is 268 g/mol. The van der Waals surface area contributed by atoms with Crippen LogP contribution in [0.1, 0.15) is 29.4 Å². The molecule has 0 amide bonds. The van der Waals surface area contributed by atoms with E-state index in [0.29, 0.717) is 12.0 Å². The molecule has 1 aromatic rings. The lowest BCUT2D eigenvalue weighted by Gasteiger charge is -2.13. The third kappa shape index (κ3) is 1.92. The summed E-state index contributed by atoms with van der Waals surface area (Å²) in [7, 11) is 0. The normalized spacial score (nSPS) is 24.8. The highest BCUT2D eigenvalue weighted by Crippen LogP contribution is 2.29. The van der Waals surface area contributed by atoms with Crippen LogP contribution in [-0.4, -0.2) is 20.1 Å². The molecule has 2 rings (SSSR count). The molecule has 1 atom stereocenters. The number of halogens is 1. The molecule has 1 aliphatic rings. The van der Waals surface area contributed by atoms with Crippen LogP contribution in [0.4, 0.5) is 0 Å². The number of nitrogens with one attached hydrogen (secondary N) is 1. The van der Waals surface area contributed by atoms with Crippen molar-refractivity contribution in [3.05, 3.63) is 34.0 Å². The first-order valence-electron chi connectivity index (χ1n) is 4.49. The van der Waals surface area contributed by atoms with E-state index >= 15 is 0 Å². The number of carbonyl (C=O) groups is 1. The Bertz CT molecular complexity index is 502. The molecule has 1 aliphatic carbocycles. The van der Waals surface area contributed by atoms with Gasteiger partial charge in [-0.1, -0.05) is 22.0 Å². The standard InChI is InChI=1S/C10H9BrN2O2/c1-10(11)3-2-6-8(7(14)4-10)12-5-13-9(6)15/h2-3,5H,4H2,1H3,(H,12,13,15). The van der Waals surface area contributed by atoms with Gasteiger partial charge in [0.05, 0.1) is 11.9 Å². The molecule has 1 N–H and O–H groups in total. The topological polar surface area (TPSA) is 62.8 Å². The van der Waals surface area contributed by atoms with Crippen molar-refractivity contribution >= 4 is 27.8 Å². The van der Waals surface area contributed by atoms with Gasteiger partial charge >= 0.3 is 0 Å². The minimum Gasteiger partial charge on any atom is -0.313 e. The summed E-state index contributed by atoms with van der Waals surface area (Å²) >= 11 is 3.42. The van der Waals surface area contributed by atoms with Crippen molar-refractivity contribution in [2.45, 2.75) is 17.7 Å². The molecule has 4 nitrogen and oxygen atoms in total. The number of ketones is 1. The number of alkyl halides is 1. The third-order valence-corrected chi connectivity index (χ3v) is 2.80. The quantitative estimate of drug-likeness (QED) is 0.726. The maximum atomic E-state index is 11.8. The Labute approximate surface area is 94.6 Å². The number of hydrogen-bond acceptors (Lipinski definition) is 3. The van der Waals surface area contributed by atoms with Gasteiger partial charge in [0.1, 0.15) is 5.69 Å². The van der Waals surface area contributed by atoms with E-state index < -0.39 is 4.32 Å². The minimum absolute atomic E-state index is 0.125. The molecule has 1 unspecified atom stereocenters. The van der Waals surface area contributed by atoms with Crippen molar-refractivity contribution in [1.82, 2.24) is 9.97 Å². The van der Waals surface area contributed by atoms with Crippen molar-refractivity contribution in [2.75, 3.05) is 0 Å². The zero-order valence-corrected chi connectivity index (χ0v) is 9.67. The SMILES string of the molecule is CC1(Br)C=Cc2c(nc[nH]c2=O)C(=O)C1. The van der Waals surface area contributed by atoms with Crippen LogP contribution in [0.5, 0.6) is 0 Å². The summed E-state index contributed by atoms with van der Waals surface area (Å²) in [4.78, 5) is 29.6. The lowest BCUT2D eigenvalue weighted by molar-refractivity contribution is 0.0973. The average Bonchev–Trinajstić information content (AvgIpc) is 2.25. The zero-order chi connectivity index (χ0) is 11.1. The Kier molecular flexibility index (Phi) is 2.34. The van der Waals surface area contributed by atoms with Crippen LogP contribution in [0.2, 0.25) is 0 Å². The first-order chi connectivity index (χ1) is 6.99.